The van der Waals surface area contributed by atoms with Crippen LogP contribution in [0.1, 0.15) is 32.1 Å². The van der Waals surface area contributed by atoms with E-state index < -0.39 is 0 Å². The van der Waals surface area contributed by atoms with E-state index in [1.165, 1.54) is 37.8 Å². The molecule has 1 saturated carbocycles. The van der Waals surface area contributed by atoms with Gasteiger partial charge in [-0.2, -0.15) is 0 Å². The number of nitrogens with zero attached hydrogens (tertiary/aromatic N) is 2. The molecule has 0 aromatic heterocycles. The molecule has 1 aliphatic carbocycles. The van der Waals surface area contributed by atoms with Crippen LogP contribution in [0.5, 0.6) is 0 Å². The third-order valence-electron chi connectivity index (χ3n) is 5.70. The van der Waals surface area contributed by atoms with Crippen LogP contribution in [0.2, 0.25) is 0 Å². The molecule has 3 aliphatic rings. The number of fused-ring (bicyclic) bond motifs is 1. The minimum absolute atomic E-state index is 0.00419. The molecule has 1 saturated heterocycles. The van der Waals surface area contributed by atoms with Gasteiger partial charge < -0.3 is 9.64 Å². The molecule has 0 radical (unpaired) electrons. The number of hydrogen-bond donors (Lipinski definition) is 0. The lowest BCUT2D eigenvalue weighted by Gasteiger charge is -2.53. The van der Waals surface area contributed by atoms with Crippen LogP contribution < -0.4 is 4.90 Å². The minimum Gasteiger partial charge on any atom is -0.480 e. The summed E-state index contributed by atoms with van der Waals surface area (Å²) in [5, 5.41) is 0. The van der Waals surface area contributed by atoms with E-state index in [4.69, 9.17) is 4.74 Å². The van der Waals surface area contributed by atoms with Crippen molar-refractivity contribution in [1.82, 2.24) is 4.90 Å². The molecule has 2 atom stereocenters. The topological polar surface area (TPSA) is 15.7 Å². The lowest BCUT2D eigenvalue weighted by atomic mass is 9.77. The molecule has 3 heteroatoms. The predicted molar refractivity (Wildman–Crippen MR) is 89.8 cm³/mol. The van der Waals surface area contributed by atoms with Gasteiger partial charge in [0.15, 0.2) is 5.72 Å². The second-order valence-corrected chi connectivity index (χ2v) is 6.82. The molecular formula is C19H26N2O. The van der Waals surface area contributed by atoms with Crippen LogP contribution in [-0.2, 0) is 4.74 Å². The maximum Gasteiger partial charge on any atom is 0.165 e. The van der Waals surface area contributed by atoms with Crippen molar-refractivity contribution in [1.29, 1.82) is 0 Å². The highest BCUT2D eigenvalue weighted by molar-refractivity contribution is 5.46. The third kappa shape index (κ3) is 2.41. The van der Waals surface area contributed by atoms with Crippen LogP contribution in [0.4, 0.5) is 5.69 Å². The Labute approximate surface area is 133 Å². The molecule has 0 bridgehead atoms. The highest BCUT2D eigenvalue weighted by Crippen LogP contribution is 2.44. The molecule has 0 amide bonds. The minimum atomic E-state index is -0.00419. The zero-order valence-electron chi connectivity index (χ0n) is 13.3. The molecule has 1 aromatic carbocycles. The van der Waals surface area contributed by atoms with E-state index in [0.717, 1.165) is 26.2 Å². The van der Waals surface area contributed by atoms with Crippen LogP contribution in [0.3, 0.4) is 0 Å². The van der Waals surface area contributed by atoms with Gasteiger partial charge in [-0.3, -0.25) is 4.90 Å². The average Bonchev–Trinajstić information content (AvgIpc) is 2.62. The van der Waals surface area contributed by atoms with E-state index in [0.29, 0.717) is 5.92 Å². The van der Waals surface area contributed by atoms with Crippen LogP contribution in [-0.4, -0.2) is 36.8 Å². The third-order valence-corrected chi connectivity index (χ3v) is 5.70. The van der Waals surface area contributed by atoms with Crippen molar-refractivity contribution in [3.63, 3.8) is 0 Å². The zero-order chi connectivity index (χ0) is 14.8. The molecule has 2 aliphatic heterocycles. The fourth-order valence-corrected chi connectivity index (χ4v) is 4.51. The lowest BCUT2D eigenvalue weighted by Crippen LogP contribution is -2.62. The number of piperazine rings is 1. The number of hydrogen-bond acceptors (Lipinski definition) is 3. The van der Waals surface area contributed by atoms with Gasteiger partial charge in [0.2, 0.25) is 0 Å². The standard InChI is InChI=1S/C19H26N2O/c1-2-9-18(10-3-1)20-12-14-21(15-13-20)19-11-5-4-7-17(19)8-6-16-22-19/h1-3,6,9-10,16-17H,4-5,7-8,11-15H2/t17-,19-/m0/s1. The van der Waals surface area contributed by atoms with E-state index in [1.54, 1.807) is 0 Å². The number of benzene rings is 1. The van der Waals surface area contributed by atoms with E-state index in [2.05, 4.69) is 46.2 Å². The largest absolute Gasteiger partial charge is 0.480 e. The molecule has 0 N–H and O–H groups in total. The molecule has 2 fully saturated rings. The summed E-state index contributed by atoms with van der Waals surface area (Å²) in [6.45, 7) is 4.43. The summed E-state index contributed by atoms with van der Waals surface area (Å²) < 4.78 is 6.28. The smallest absolute Gasteiger partial charge is 0.165 e. The van der Waals surface area contributed by atoms with Gasteiger partial charge in [-0.25, -0.2) is 0 Å². The molecule has 22 heavy (non-hydrogen) atoms. The Balaban J connectivity index is 1.47. The number of anilines is 1. The van der Waals surface area contributed by atoms with E-state index in [-0.39, 0.29) is 5.72 Å². The lowest BCUT2D eigenvalue weighted by molar-refractivity contribution is -0.182. The second kappa shape index (κ2) is 5.96. The summed E-state index contributed by atoms with van der Waals surface area (Å²) in [5.74, 6) is 0.689. The van der Waals surface area contributed by atoms with Crippen LogP contribution in [0.15, 0.2) is 42.7 Å². The summed E-state index contributed by atoms with van der Waals surface area (Å²) in [6.07, 6.45) is 10.6. The van der Waals surface area contributed by atoms with Gasteiger partial charge in [-0.1, -0.05) is 24.6 Å². The van der Waals surface area contributed by atoms with Gasteiger partial charge in [-0.15, -0.1) is 0 Å². The van der Waals surface area contributed by atoms with Crippen LogP contribution in [0, 0.1) is 5.92 Å². The van der Waals surface area contributed by atoms with Crippen molar-refractivity contribution in [3.05, 3.63) is 42.7 Å². The first-order chi connectivity index (χ1) is 10.9. The fourth-order valence-electron chi connectivity index (χ4n) is 4.51. The number of rotatable bonds is 2. The SMILES string of the molecule is C1=CO[C@@]2(N3CCN(c4ccccc4)CC3)CCCC[C@H]2C1. The monoisotopic (exact) mass is 298 g/mol. The first kappa shape index (κ1) is 14.1. The number of allylic oxidation sites excluding steroid dienone is 1. The normalized spacial score (nSPS) is 32.4. The van der Waals surface area contributed by atoms with Crippen molar-refractivity contribution in [2.24, 2.45) is 5.92 Å². The van der Waals surface area contributed by atoms with Gasteiger partial charge in [0.1, 0.15) is 0 Å². The molecule has 2 heterocycles. The van der Waals surface area contributed by atoms with Crippen molar-refractivity contribution in [2.45, 2.75) is 37.8 Å². The molecule has 0 spiro atoms. The van der Waals surface area contributed by atoms with Gasteiger partial charge >= 0.3 is 0 Å². The molecule has 0 unspecified atom stereocenters. The fraction of sp³-hybridized carbons (Fsp3) is 0.579. The van der Waals surface area contributed by atoms with Gasteiger partial charge in [0, 0.05) is 44.2 Å². The number of para-hydroxylation sites is 1. The van der Waals surface area contributed by atoms with Gasteiger partial charge in [-0.05, 0) is 37.5 Å². The Morgan fingerprint density at radius 3 is 2.64 bits per heavy atom. The molecule has 118 valence electrons. The van der Waals surface area contributed by atoms with Gasteiger partial charge in [0.25, 0.3) is 0 Å². The number of ether oxygens (including phenoxy) is 1. The molecule has 1 aromatic rings. The predicted octanol–water partition coefficient (Wildman–Crippen LogP) is 3.63. The quantitative estimate of drug-likeness (QED) is 0.829. The summed E-state index contributed by atoms with van der Waals surface area (Å²) in [7, 11) is 0. The molecular weight excluding hydrogens is 272 g/mol. The summed E-state index contributed by atoms with van der Waals surface area (Å²) in [4.78, 5) is 5.14. The highest BCUT2D eigenvalue weighted by Gasteiger charge is 2.48. The summed E-state index contributed by atoms with van der Waals surface area (Å²) in [6, 6.07) is 10.8. The molecule has 3 nitrogen and oxygen atoms in total. The average molecular weight is 298 g/mol. The Morgan fingerprint density at radius 2 is 1.82 bits per heavy atom. The van der Waals surface area contributed by atoms with Crippen LogP contribution in [0.25, 0.3) is 0 Å². The van der Waals surface area contributed by atoms with Crippen LogP contribution >= 0.6 is 0 Å². The zero-order valence-corrected chi connectivity index (χ0v) is 13.3. The molecule has 4 rings (SSSR count). The first-order valence-corrected chi connectivity index (χ1v) is 8.76. The Morgan fingerprint density at radius 1 is 1.00 bits per heavy atom. The maximum absolute atomic E-state index is 6.28. The Hall–Kier alpha value is -1.48. The summed E-state index contributed by atoms with van der Waals surface area (Å²) in [5.41, 5.74) is 1.35. The van der Waals surface area contributed by atoms with Crippen molar-refractivity contribution in [3.8, 4) is 0 Å². The maximum atomic E-state index is 6.28. The van der Waals surface area contributed by atoms with E-state index >= 15 is 0 Å². The van der Waals surface area contributed by atoms with E-state index in [9.17, 15) is 0 Å². The Kier molecular flexibility index (Phi) is 3.83. The van der Waals surface area contributed by atoms with E-state index in [1.807, 2.05) is 6.26 Å². The van der Waals surface area contributed by atoms with Crippen molar-refractivity contribution >= 4 is 5.69 Å². The summed E-state index contributed by atoms with van der Waals surface area (Å²) >= 11 is 0. The van der Waals surface area contributed by atoms with Crippen molar-refractivity contribution in [2.75, 3.05) is 31.1 Å². The highest BCUT2D eigenvalue weighted by atomic mass is 16.5. The van der Waals surface area contributed by atoms with Crippen molar-refractivity contribution < 1.29 is 4.74 Å². The van der Waals surface area contributed by atoms with Gasteiger partial charge in [0.05, 0.1) is 6.26 Å². The second-order valence-electron chi connectivity index (χ2n) is 6.82. The Bertz CT molecular complexity index is 521. The first-order valence-electron chi connectivity index (χ1n) is 8.76.